The van der Waals surface area contributed by atoms with E-state index in [9.17, 15) is 4.79 Å². The Labute approximate surface area is 104 Å². The van der Waals surface area contributed by atoms with E-state index in [-0.39, 0.29) is 5.91 Å². The number of anilines is 1. The van der Waals surface area contributed by atoms with Gasteiger partial charge in [0.1, 0.15) is 0 Å². The van der Waals surface area contributed by atoms with Gasteiger partial charge in [0.05, 0.1) is 0 Å². The zero-order valence-electron chi connectivity index (χ0n) is 10.8. The van der Waals surface area contributed by atoms with Crippen molar-refractivity contribution in [1.29, 1.82) is 0 Å². The standard InChI is InChI=1S/C14H22N2O/c1-3-4-10-14(17)15-11-12-16(2)13-8-6-5-7-9-13/h5-9H,3-4,10-12H2,1-2H3,(H,15,17). The Kier molecular flexibility index (Phi) is 6.15. The summed E-state index contributed by atoms with van der Waals surface area (Å²) in [6, 6.07) is 10.2. The third-order valence-electron chi connectivity index (χ3n) is 2.72. The van der Waals surface area contributed by atoms with Gasteiger partial charge in [-0.3, -0.25) is 4.79 Å². The summed E-state index contributed by atoms with van der Waals surface area (Å²) in [7, 11) is 2.04. The fraction of sp³-hybridized carbons (Fsp3) is 0.500. The number of para-hydroxylation sites is 1. The second-order valence-electron chi connectivity index (χ2n) is 4.21. The van der Waals surface area contributed by atoms with Crippen molar-refractivity contribution >= 4 is 11.6 Å². The van der Waals surface area contributed by atoms with E-state index in [2.05, 4.69) is 29.3 Å². The molecule has 0 aliphatic carbocycles. The topological polar surface area (TPSA) is 32.3 Å². The van der Waals surface area contributed by atoms with E-state index in [1.807, 2.05) is 25.2 Å². The zero-order valence-corrected chi connectivity index (χ0v) is 10.8. The number of benzene rings is 1. The number of nitrogens with zero attached hydrogens (tertiary/aromatic N) is 1. The van der Waals surface area contributed by atoms with Crippen LogP contribution in [-0.2, 0) is 4.79 Å². The molecule has 1 aromatic rings. The molecule has 3 heteroatoms. The lowest BCUT2D eigenvalue weighted by Crippen LogP contribution is -2.32. The highest BCUT2D eigenvalue weighted by Gasteiger charge is 2.02. The molecule has 1 rings (SSSR count). The average molecular weight is 234 g/mol. The lowest BCUT2D eigenvalue weighted by molar-refractivity contribution is -0.121. The molecule has 0 radical (unpaired) electrons. The van der Waals surface area contributed by atoms with Crippen LogP contribution in [0.15, 0.2) is 30.3 Å². The predicted octanol–water partition coefficient (Wildman–Crippen LogP) is 2.43. The fourth-order valence-electron chi connectivity index (χ4n) is 1.60. The molecule has 0 atom stereocenters. The Morgan fingerprint density at radius 2 is 2.00 bits per heavy atom. The molecule has 1 N–H and O–H groups in total. The van der Waals surface area contributed by atoms with E-state index in [1.165, 1.54) is 5.69 Å². The molecule has 1 aromatic carbocycles. The van der Waals surface area contributed by atoms with Gasteiger partial charge >= 0.3 is 0 Å². The normalized spacial score (nSPS) is 10.0. The number of carbonyl (C=O) groups is 1. The van der Waals surface area contributed by atoms with Gasteiger partial charge in [0.25, 0.3) is 0 Å². The van der Waals surface area contributed by atoms with Gasteiger partial charge in [-0.15, -0.1) is 0 Å². The van der Waals surface area contributed by atoms with Crippen molar-refractivity contribution in [3.05, 3.63) is 30.3 Å². The van der Waals surface area contributed by atoms with Gasteiger partial charge in [-0.25, -0.2) is 0 Å². The van der Waals surface area contributed by atoms with Gasteiger partial charge < -0.3 is 10.2 Å². The highest BCUT2D eigenvalue weighted by atomic mass is 16.1. The highest BCUT2D eigenvalue weighted by Crippen LogP contribution is 2.09. The van der Waals surface area contributed by atoms with Crippen molar-refractivity contribution in [2.24, 2.45) is 0 Å². The molecule has 0 aliphatic heterocycles. The molecule has 0 spiro atoms. The summed E-state index contributed by atoms with van der Waals surface area (Å²) in [6.45, 7) is 3.63. The van der Waals surface area contributed by atoms with Crippen LogP contribution in [-0.4, -0.2) is 26.0 Å². The first-order valence-electron chi connectivity index (χ1n) is 6.27. The van der Waals surface area contributed by atoms with Gasteiger partial charge in [-0.1, -0.05) is 31.5 Å². The first-order chi connectivity index (χ1) is 8.24. The van der Waals surface area contributed by atoms with E-state index in [0.717, 1.165) is 19.4 Å². The number of amides is 1. The molecule has 0 saturated carbocycles. The Morgan fingerprint density at radius 3 is 2.65 bits per heavy atom. The molecule has 0 unspecified atom stereocenters. The van der Waals surface area contributed by atoms with Crippen LogP contribution in [0.3, 0.4) is 0 Å². The van der Waals surface area contributed by atoms with Crippen LogP contribution in [0, 0.1) is 0 Å². The van der Waals surface area contributed by atoms with Crippen molar-refractivity contribution in [3.8, 4) is 0 Å². The molecule has 0 fully saturated rings. The SMILES string of the molecule is CCCCC(=O)NCCN(C)c1ccccc1. The maximum absolute atomic E-state index is 11.4. The van der Waals surface area contributed by atoms with Crippen LogP contribution >= 0.6 is 0 Å². The van der Waals surface area contributed by atoms with E-state index in [0.29, 0.717) is 13.0 Å². The van der Waals surface area contributed by atoms with E-state index in [1.54, 1.807) is 0 Å². The minimum Gasteiger partial charge on any atom is -0.373 e. The van der Waals surface area contributed by atoms with Crippen molar-refractivity contribution in [2.45, 2.75) is 26.2 Å². The van der Waals surface area contributed by atoms with Crippen molar-refractivity contribution < 1.29 is 4.79 Å². The second-order valence-corrected chi connectivity index (χ2v) is 4.21. The van der Waals surface area contributed by atoms with Crippen molar-refractivity contribution in [1.82, 2.24) is 5.32 Å². The van der Waals surface area contributed by atoms with Crippen LogP contribution < -0.4 is 10.2 Å². The molecule has 0 saturated heterocycles. The molecule has 3 nitrogen and oxygen atoms in total. The van der Waals surface area contributed by atoms with Crippen LogP contribution in [0.5, 0.6) is 0 Å². The average Bonchev–Trinajstić information content (AvgIpc) is 2.37. The minimum atomic E-state index is 0.160. The maximum atomic E-state index is 11.4. The first kappa shape index (κ1) is 13.6. The molecule has 0 aromatic heterocycles. The molecular formula is C14H22N2O. The number of hydrogen-bond donors (Lipinski definition) is 1. The molecule has 94 valence electrons. The lowest BCUT2D eigenvalue weighted by atomic mass is 10.2. The maximum Gasteiger partial charge on any atom is 0.220 e. The third kappa shape index (κ3) is 5.38. The quantitative estimate of drug-likeness (QED) is 0.786. The van der Waals surface area contributed by atoms with Crippen molar-refractivity contribution in [3.63, 3.8) is 0 Å². The lowest BCUT2D eigenvalue weighted by Gasteiger charge is -2.19. The summed E-state index contributed by atoms with van der Waals surface area (Å²) in [4.78, 5) is 13.5. The van der Waals surface area contributed by atoms with Crippen LogP contribution in [0.1, 0.15) is 26.2 Å². The van der Waals surface area contributed by atoms with Gasteiger partial charge in [0.2, 0.25) is 5.91 Å². The van der Waals surface area contributed by atoms with Gasteiger partial charge in [-0.2, -0.15) is 0 Å². The molecule has 0 aliphatic rings. The molecule has 17 heavy (non-hydrogen) atoms. The molecule has 0 bridgehead atoms. The Hall–Kier alpha value is -1.51. The monoisotopic (exact) mass is 234 g/mol. The summed E-state index contributed by atoms with van der Waals surface area (Å²) in [5.74, 6) is 0.160. The Bertz CT molecular complexity index is 324. The Morgan fingerprint density at radius 1 is 1.29 bits per heavy atom. The number of rotatable bonds is 7. The number of nitrogens with one attached hydrogen (secondary N) is 1. The zero-order chi connectivity index (χ0) is 12.5. The van der Waals surface area contributed by atoms with Gasteiger partial charge in [-0.05, 0) is 18.6 Å². The Balaban J connectivity index is 2.20. The fourth-order valence-corrected chi connectivity index (χ4v) is 1.60. The van der Waals surface area contributed by atoms with Crippen LogP contribution in [0.4, 0.5) is 5.69 Å². The summed E-state index contributed by atoms with van der Waals surface area (Å²) in [5.41, 5.74) is 1.18. The van der Waals surface area contributed by atoms with Crippen LogP contribution in [0.2, 0.25) is 0 Å². The summed E-state index contributed by atoms with van der Waals surface area (Å²) in [5, 5.41) is 2.94. The van der Waals surface area contributed by atoms with E-state index >= 15 is 0 Å². The number of carbonyl (C=O) groups excluding carboxylic acids is 1. The number of unbranched alkanes of at least 4 members (excludes halogenated alkanes) is 1. The smallest absolute Gasteiger partial charge is 0.220 e. The van der Waals surface area contributed by atoms with Gasteiger partial charge in [0, 0.05) is 32.2 Å². The minimum absolute atomic E-state index is 0.160. The molecular weight excluding hydrogens is 212 g/mol. The van der Waals surface area contributed by atoms with E-state index < -0.39 is 0 Å². The number of hydrogen-bond acceptors (Lipinski definition) is 2. The van der Waals surface area contributed by atoms with Gasteiger partial charge in [0.15, 0.2) is 0 Å². The predicted molar refractivity (Wildman–Crippen MR) is 72.2 cm³/mol. The largest absolute Gasteiger partial charge is 0.373 e. The van der Waals surface area contributed by atoms with Crippen molar-refractivity contribution in [2.75, 3.05) is 25.0 Å². The second kappa shape index (κ2) is 7.71. The third-order valence-corrected chi connectivity index (χ3v) is 2.72. The molecule has 1 amide bonds. The summed E-state index contributed by atoms with van der Waals surface area (Å²) in [6.07, 6.45) is 2.68. The summed E-state index contributed by atoms with van der Waals surface area (Å²) >= 11 is 0. The number of likely N-dealkylation sites (N-methyl/N-ethyl adjacent to an activating group) is 1. The van der Waals surface area contributed by atoms with E-state index in [4.69, 9.17) is 0 Å². The van der Waals surface area contributed by atoms with Crippen LogP contribution in [0.25, 0.3) is 0 Å². The highest BCUT2D eigenvalue weighted by molar-refractivity contribution is 5.75. The molecule has 0 heterocycles. The first-order valence-corrected chi connectivity index (χ1v) is 6.27. The summed E-state index contributed by atoms with van der Waals surface area (Å²) < 4.78 is 0.